The van der Waals surface area contributed by atoms with Crippen LogP contribution in [0, 0.1) is 5.82 Å². The first kappa shape index (κ1) is 13.8. The lowest BCUT2D eigenvalue weighted by molar-refractivity contribution is 0.313. The van der Waals surface area contributed by atoms with E-state index < -0.39 is 0 Å². The summed E-state index contributed by atoms with van der Waals surface area (Å²) in [5.41, 5.74) is 1.59. The van der Waals surface area contributed by atoms with E-state index in [2.05, 4.69) is 35.7 Å². The zero-order chi connectivity index (χ0) is 13.9. The molecule has 108 valence electrons. The number of benzene rings is 1. The second-order valence-corrected chi connectivity index (χ2v) is 5.89. The average Bonchev–Trinajstić information content (AvgIpc) is 2.70. The van der Waals surface area contributed by atoms with Gasteiger partial charge in [-0.3, -0.25) is 0 Å². The molecule has 1 aliphatic rings. The van der Waals surface area contributed by atoms with Crippen molar-refractivity contribution in [3.63, 3.8) is 0 Å². The summed E-state index contributed by atoms with van der Waals surface area (Å²) in [6.45, 7) is 5.18. The lowest BCUT2D eigenvalue weighted by Crippen LogP contribution is -2.32. The first-order valence-electron chi connectivity index (χ1n) is 6.95. The zero-order valence-corrected chi connectivity index (χ0v) is 12.9. The van der Waals surface area contributed by atoms with Crippen molar-refractivity contribution in [3.8, 4) is 0 Å². The Morgan fingerprint density at radius 1 is 1.25 bits per heavy atom. The summed E-state index contributed by atoms with van der Waals surface area (Å²) < 4.78 is 13.2. The Balaban J connectivity index is 1.77. The van der Waals surface area contributed by atoms with Crippen LogP contribution in [0.1, 0.15) is 6.42 Å². The summed E-state index contributed by atoms with van der Waals surface area (Å²) in [7, 11) is 0. The van der Waals surface area contributed by atoms with E-state index in [1.54, 1.807) is 6.07 Å². The summed E-state index contributed by atoms with van der Waals surface area (Å²) in [4.78, 5) is 12.5. The van der Waals surface area contributed by atoms with Crippen molar-refractivity contribution in [3.05, 3.63) is 24.0 Å². The topological polar surface area (TPSA) is 35.2 Å². The Morgan fingerprint density at radius 2 is 2.15 bits per heavy atom. The Bertz CT molecular complexity index is 586. The van der Waals surface area contributed by atoms with Crippen molar-refractivity contribution in [2.24, 2.45) is 0 Å². The molecule has 6 heteroatoms. The van der Waals surface area contributed by atoms with Gasteiger partial charge >= 0.3 is 0 Å². The minimum atomic E-state index is -0.230. The van der Waals surface area contributed by atoms with E-state index in [9.17, 15) is 4.39 Å². The van der Waals surface area contributed by atoms with Gasteiger partial charge in [-0.25, -0.2) is 9.37 Å². The second-order valence-electron chi connectivity index (χ2n) is 5.09. The third-order valence-electron chi connectivity index (χ3n) is 3.72. The maximum Gasteiger partial charge on any atom is 0.203 e. The predicted octanol–water partition coefficient (Wildman–Crippen LogP) is 2.61. The zero-order valence-electron chi connectivity index (χ0n) is 11.3. The molecule has 1 saturated heterocycles. The quantitative estimate of drug-likeness (QED) is 0.872. The largest absolute Gasteiger partial charge is 0.341 e. The molecular formula is C14H18BrFN4. The van der Waals surface area contributed by atoms with E-state index in [0.29, 0.717) is 0 Å². The van der Waals surface area contributed by atoms with E-state index in [1.165, 1.54) is 12.1 Å². The Kier molecular flexibility index (Phi) is 4.21. The Hall–Kier alpha value is -1.14. The fraction of sp³-hybridized carbons (Fsp3) is 0.500. The number of anilines is 1. The third kappa shape index (κ3) is 2.96. The van der Waals surface area contributed by atoms with Crippen LogP contribution in [0.25, 0.3) is 11.0 Å². The van der Waals surface area contributed by atoms with Crippen molar-refractivity contribution in [1.29, 1.82) is 0 Å². The van der Waals surface area contributed by atoms with Crippen molar-refractivity contribution in [2.45, 2.75) is 6.42 Å². The first-order valence-corrected chi connectivity index (χ1v) is 8.07. The summed E-state index contributed by atoms with van der Waals surface area (Å²) in [6, 6.07) is 4.67. The van der Waals surface area contributed by atoms with Gasteiger partial charge in [0, 0.05) is 31.5 Å². The first-order chi connectivity index (χ1) is 9.76. The van der Waals surface area contributed by atoms with Crippen molar-refractivity contribution < 1.29 is 4.39 Å². The van der Waals surface area contributed by atoms with E-state index in [1.807, 2.05) is 0 Å². The van der Waals surface area contributed by atoms with Crippen LogP contribution in [0.2, 0.25) is 0 Å². The maximum absolute atomic E-state index is 13.2. The molecule has 20 heavy (non-hydrogen) atoms. The van der Waals surface area contributed by atoms with Gasteiger partial charge in [-0.05, 0) is 31.2 Å². The molecule has 0 radical (unpaired) electrons. The summed E-state index contributed by atoms with van der Waals surface area (Å²) in [6.07, 6.45) is 1.12. The number of H-pyrrole nitrogens is 1. The molecule has 0 saturated carbocycles. The minimum absolute atomic E-state index is 0.230. The molecule has 1 aromatic carbocycles. The van der Waals surface area contributed by atoms with E-state index in [0.717, 1.165) is 61.5 Å². The summed E-state index contributed by atoms with van der Waals surface area (Å²) in [5.74, 6) is 0.623. The molecule has 0 aliphatic carbocycles. The average molecular weight is 341 g/mol. The van der Waals surface area contributed by atoms with Crippen LogP contribution in [-0.2, 0) is 0 Å². The van der Waals surface area contributed by atoms with Crippen molar-refractivity contribution in [1.82, 2.24) is 14.9 Å². The number of fused-ring (bicyclic) bond motifs is 1. The highest BCUT2D eigenvalue weighted by Gasteiger charge is 2.17. The third-order valence-corrected chi connectivity index (χ3v) is 4.07. The van der Waals surface area contributed by atoms with Crippen molar-refractivity contribution >= 4 is 32.9 Å². The Labute approximate surface area is 126 Å². The lowest BCUT2D eigenvalue weighted by Gasteiger charge is -2.20. The van der Waals surface area contributed by atoms with Gasteiger partial charge in [0.1, 0.15) is 5.82 Å². The van der Waals surface area contributed by atoms with E-state index >= 15 is 0 Å². The van der Waals surface area contributed by atoms with Gasteiger partial charge in [-0.1, -0.05) is 15.9 Å². The number of hydrogen-bond acceptors (Lipinski definition) is 3. The molecule has 1 N–H and O–H groups in total. The van der Waals surface area contributed by atoms with Gasteiger partial charge in [0.2, 0.25) is 5.95 Å². The van der Waals surface area contributed by atoms with Crippen LogP contribution in [0.5, 0.6) is 0 Å². The molecule has 2 heterocycles. The van der Waals surface area contributed by atoms with Crippen LogP contribution in [0.15, 0.2) is 18.2 Å². The number of aromatic nitrogens is 2. The molecule has 0 atom stereocenters. The number of nitrogens with zero attached hydrogens (tertiary/aromatic N) is 3. The lowest BCUT2D eigenvalue weighted by atomic mass is 10.3. The number of hydrogen-bond donors (Lipinski definition) is 1. The standard InChI is InChI=1S/C14H18BrFN4/c15-4-7-19-5-1-6-20(9-8-19)14-17-12-3-2-11(16)10-13(12)18-14/h2-3,10H,1,4-9H2,(H,17,18). The molecule has 1 aromatic heterocycles. The molecule has 0 spiro atoms. The number of nitrogens with one attached hydrogen (secondary N) is 1. The van der Waals surface area contributed by atoms with Crippen molar-refractivity contribution in [2.75, 3.05) is 43.0 Å². The molecule has 3 rings (SSSR count). The van der Waals surface area contributed by atoms with Crippen LogP contribution >= 0.6 is 15.9 Å². The SMILES string of the molecule is Fc1ccc2nc(N3CCCN(CCBr)CC3)[nH]c2c1. The summed E-state index contributed by atoms with van der Waals surface area (Å²) in [5, 5.41) is 1.01. The van der Waals surface area contributed by atoms with Gasteiger partial charge in [0.15, 0.2) is 0 Å². The molecule has 2 aromatic rings. The highest BCUT2D eigenvalue weighted by molar-refractivity contribution is 9.09. The number of imidazole rings is 1. The van der Waals surface area contributed by atoms with Gasteiger partial charge in [-0.15, -0.1) is 0 Å². The molecular weight excluding hydrogens is 323 g/mol. The number of rotatable bonds is 3. The number of halogens is 2. The fourth-order valence-corrected chi connectivity index (χ4v) is 3.15. The van der Waals surface area contributed by atoms with Crippen LogP contribution in [0.3, 0.4) is 0 Å². The normalized spacial score (nSPS) is 17.6. The molecule has 4 nitrogen and oxygen atoms in total. The van der Waals surface area contributed by atoms with Crippen LogP contribution in [0.4, 0.5) is 10.3 Å². The number of alkyl halides is 1. The maximum atomic E-state index is 13.2. The highest BCUT2D eigenvalue weighted by Crippen LogP contribution is 2.19. The second kappa shape index (κ2) is 6.10. The van der Waals surface area contributed by atoms with Crippen LogP contribution < -0.4 is 4.90 Å². The van der Waals surface area contributed by atoms with Crippen LogP contribution in [-0.4, -0.2) is 52.9 Å². The molecule has 1 aliphatic heterocycles. The van der Waals surface area contributed by atoms with Gasteiger partial charge < -0.3 is 14.8 Å². The minimum Gasteiger partial charge on any atom is -0.341 e. The predicted molar refractivity (Wildman–Crippen MR) is 83.1 cm³/mol. The highest BCUT2D eigenvalue weighted by atomic mass is 79.9. The van der Waals surface area contributed by atoms with Gasteiger partial charge in [-0.2, -0.15) is 0 Å². The molecule has 1 fully saturated rings. The van der Waals surface area contributed by atoms with E-state index in [-0.39, 0.29) is 5.82 Å². The summed E-state index contributed by atoms with van der Waals surface area (Å²) >= 11 is 3.49. The monoisotopic (exact) mass is 340 g/mol. The molecule has 0 unspecified atom stereocenters. The Morgan fingerprint density at radius 3 is 3.00 bits per heavy atom. The van der Waals surface area contributed by atoms with Gasteiger partial charge in [0.05, 0.1) is 11.0 Å². The molecule has 0 bridgehead atoms. The van der Waals surface area contributed by atoms with E-state index in [4.69, 9.17) is 0 Å². The smallest absolute Gasteiger partial charge is 0.203 e. The fourth-order valence-electron chi connectivity index (χ4n) is 2.64. The number of aromatic amines is 1. The molecule has 0 amide bonds. The van der Waals surface area contributed by atoms with Gasteiger partial charge in [0.25, 0.3) is 0 Å².